The average molecular weight is 530 g/mol. The molecule has 1 heterocycles. The summed E-state index contributed by atoms with van der Waals surface area (Å²) >= 11 is 6.29. The van der Waals surface area contributed by atoms with E-state index in [9.17, 15) is 9.59 Å². The van der Waals surface area contributed by atoms with E-state index in [0.717, 1.165) is 49.2 Å². The van der Waals surface area contributed by atoms with Crippen molar-refractivity contribution < 1.29 is 23.8 Å². The maximum absolute atomic E-state index is 13.2. The second kappa shape index (κ2) is 15.1. The lowest BCUT2D eigenvalue weighted by molar-refractivity contribution is -0.141. The molecule has 6 nitrogen and oxygen atoms in total. The molecule has 3 rings (SSSR count). The second-order valence-corrected chi connectivity index (χ2v) is 10.3. The Labute approximate surface area is 226 Å². The van der Waals surface area contributed by atoms with Crippen LogP contribution in [0.3, 0.4) is 0 Å². The number of carbonyl (C=O) groups is 2. The van der Waals surface area contributed by atoms with Crippen LogP contribution in [0.1, 0.15) is 78.6 Å². The zero-order valence-corrected chi connectivity index (χ0v) is 23.0. The third-order valence-electron chi connectivity index (χ3n) is 7.06. The SMILES string of the molecule is CCC(CNC(=O)c1ccc(C)c([C@@H](OCCCC(=O)OC)c2cccc(Cl)c2)c1)CC1CCCOC1. The first kappa shape index (κ1) is 29.2. The zero-order valence-electron chi connectivity index (χ0n) is 22.3. The molecule has 2 aromatic rings. The van der Waals surface area contributed by atoms with E-state index in [4.69, 9.17) is 25.8 Å². The van der Waals surface area contributed by atoms with Crippen molar-refractivity contribution in [3.05, 3.63) is 69.7 Å². The molecule has 1 aliphatic heterocycles. The van der Waals surface area contributed by atoms with Gasteiger partial charge in [0.05, 0.1) is 7.11 Å². The van der Waals surface area contributed by atoms with E-state index in [1.54, 1.807) is 0 Å². The number of ether oxygens (including phenoxy) is 3. The van der Waals surface area contributed by atoms with Crippen LogP contribution in [0.15, 0.2) is 42.5 Å². The summed E-state index contributed by atoms with van der Waals surface area (Å²) in [6, 6.07) is 13.3. The van der Waals surface area contributed by atoms with E-state index >= 15 is 0 Å². The van der Waals surface area contributed by atoms with Crippen molar-refractivity contribution in [1.29, 1.82) is 0 Å². The fraction of sp³-hybridized carbons (Fsp3) is 0.533. The van der Waals surface area contributed by atoms with Crippen molar-refractivity contribution in [2.75, 3.05) is 33.5 Å². The number of hydrogen-bond donors (Lipinski definition) is 1. The molecule has 37 heavy (non-hydrogen) atoms. The summed E-state index contributed by atoms with van der Waals surface area (Å²) in [6.45, 7) is 6.90. The van der Waals surface area contributed by atoms with Crippen LogP contribution in [0.5, 0.6) is 0 Å². The molecule has 0 aromatic heterocycles. The fourth-order valence-corrected chi connectivity index (χ4v) is 5.02. The Bertz CT molecular complexity index is 1020. The van der Waals surface area contributed by atoms with Crippen molar-refractivity contribution in [2.24, 2.45) is 11.8 Å². The third-order valence-corrected chi connectivity index (χ3v) is 7.30. The first-order valence-electron chi connectivity index (χ1n) is 13.3. The Balaban J connectivity index is 1.72. The Morgan fingerprint density at radius 2 is 2.05 bits per heavy atom. The van der Waals surface area contributed by atoms with Gasteiger partial charge in [-0.3, -0.25) is 9.59 Å². The molecule has 0 spiro atoms. The highest BCUT2D eigenvalue weighted by Crippen LogP contribution is 2.31. The maximum atomic E-state index is 13.2. The van der Waals surface area contributed by atoms with Crippen LogP contribution in [-0.2, 0) is 19.0 Å². The summed E-state index contributed by atoms with van der Waals surface area (Å²) < 4.78 is 16.6. The van der Waals surface area contributed by atoms with Gasteiger partial charge in [0, 0.05) is 43.4 Å². The molecule has 3 atom stereocenters. The number of hydrogen-bond acceptors (Lipinski definition) is 5. The lowest BCUT2D eigenvalue weighted by Gasteiger charge is -2.26. The van der Waals surface area contributed by atoms with Gasteiger partial charge in [0.1, 0.15) is 6.10 Å². The molecule has 202 valence electrons. The molecule has 0 saturated carbocycles. The van der Waals surface area contributed by atoms with Gasteiger partial charge in [0.15, 0.2) is 0 Å². The van der Waals surface area contributed by atoms with Crippen LogP contribution in [0.25, 0.3) is 0 Å². The summed E-state index contributed by atoms with van der Waals surface area (Å²) in [5, 5.41) is 3.76. The Morgan fingerprint density at radius 3 is 2.76 bits per heavy atom. The van der Waals surface area contributed by atoms with Crippen molar-refractivity contribution in [3.8, 4) is 0 Å². The van der Waals surface area contributed by atoms with E-state index in [-0.39, 0.29) is 18.3 Å². The Hall–Kier alpha value is -2.41. The number of aryl methyl sites for hydroxylation is 1. The van der Waals surface area contributed by atoms with Crippen molar-refractivity contribution in [1.82, 2.24) is 5.32 Å². The van der Waals surface area contributed by atoms with E-state index in [2.05, 4.69) is 12.2 Å². The molecule has 1 N–H and O–H groups in total. The lowest BCUT2D eigenvalue weighted by Crippen LogP contribution is -2.31. The smallest absolute Gasteiger partial charge is 0.305 e. The Kier molecular flexibility index (Phi) is 11.9. The molecule has 0 radical (unpaired) electrons. The van der Waals surface area contributed by atoms with Crippen LogP contribution in [0.4, 0.5) is 0 Å². The van der Waals surface area contributed by atoms with E-state index in [1.807, 2.05) is 49.4 Å². The normalized spacial score (nSPS) is 17.1. The van der Waals surface area contributed by atoms with E-state index < -0.39 is 6.10 Å². The average Bonchev–Trinajstić information content (AvgIpc) is 2.91. The van der Waals surface area contributed by atoms with Crippen LogP contribution in [0, 0.1) is 18.8 Å². The van der Waals surface area contributed by atoms with Crippen molar-refractivity contribution in [3.63, 3.8) is 0 Å². The minimum atomic E-state index is -0.418. The van der Waals surface area contributed by atoms with Gasteiger partial charge in [-0.2, -0.15) is 0 Å². The van der Waals surface area contributed by atoms with Gasteiger partial charge in [0.2, 0.25) is 0 Å². The highest BCUT2D eigenvalue weighted by atomic mass is 35.5. The van der Waals surface area contributed by atoms with Gasteiger partial charge in [0.25, 0.3) is 5.91 Å². The molecule has 1 amide bonds. The first-order chi connectivity index (χ1) is 17.9. The zero-order chi connectivity index (χ0) is 26.6. The molecule has 2 aromatic carbocycles. The fourth-order valence-electron chi connectivity index (χ4n) is 4.82. The number of benzene rings is 2. The number of carbonyl (C=O) groups excluding carboxylic acids is 2. The molecular formula is C30H40ClNO5. The molecule has 1 saturated heterocycles. The monoisotopic (exact) mass is 529 g/mol. The largest absolute Gasteiger partial charge is 0.469 e. The lowest BCUT2D eigenvalue weighted by atomic mass is 9.89. The van der Waals surface area contributed by atoms with E-state index in [0.29, 0.717) is 42.0 Å². The molecular weight excluding hydrogens is 490 g/mol. The molecule has 1 aliphatic rings. The predicted molar refractivity (Wildman–Crippen MR) is 146 cm³/mol. The minimum absolute atomic E-state index is 0.0878. The third kappa shape index (κ3) is 9.13. The van der Waals surface area contributed by atoms with Crippen LogP contribution < -0.4 is 5.32 Å². The van der Waals surface area contributed by atoms with Gasteiger partial charge in [-0.15, -0.1) is 0 Å². The van der Waals surface area contributed by atoms with Gasteiger partial charge in [-0.05, 0) is 85.4 Å². The highest BCUT2D eigenvalue weighted by Gasteiger charge is 2.22. The van der Waals surface area contributed by atoms with Crippen LogP contribution >= 0.6 is 11.6 Å². The minimum Gasteiger partial charge on any atom is -0.469 e. The number of amides is 1. The summed E-state index contributed by atoms with van der Waals surface area (Å²) in [7, 11) is 1.38. The number of nitrogens with one attached hydrogen (secondary N) is 1. The first-order valence-corrected chi connectivity index (χ1v) is 13.7. The van der Waals surface area contributed by atoms with Crippen molar-refractivity contribution >= 4 is 23.5 Å². The molecule has 0 aliphatic carbocycles. The molecule has 1 fully saturated rings. The van der Waals surface area contributed by atoms with Gasteiger partial charge < -0.3 is 19.5 Å². The van der Waals surface area contributed by atoms with Gasteiger partial charge in [-0.25, -0.2) is 0 Å². The van der Waals surface area contributed by atoms with E-state index in [1.165, 1.54) is 13.5 Å². The molecule has 0 bridgehead atoms. The van der Waals surface area contributed by atoms with Gasteiger partial charge >= 0.3 is 5.97 Å². The standard InChI is InChI=1S/C30H40ClNO5/c1-4-22(16-23-8-6-14-36-20-23)19-32-30(34)25-13-12-21(2)27(18-25)29(24-9-5-10-26(31)17-24)37-15-7-11-28(33)35-3/h5,9-10,12-13,17-18,22-23,29H,4,6-8,11,14-16,19-20H2,1-3H3,(H,32,34)/t22?,23?,29-/m0/s1. The summed E-state index contributed by atoms with van der Waals surface area (Å²) in [4.78, 5) is 24.7. The topological polar surface area (TPSA) is 73.9 Å². The summed E-state index contributed by atoms with van der Waals surface area (Å²) in [5.74, 6) is 0.656. The number of esters is 1. The van der Waals surface area contributed by atoms with Crippen molar-refractivity contribution in [2.45, 2.75) is 58.5 Å². The van der Waals surface area contributed by atoms with Crippen LogP contribution in [-0.4, -0.2) is 45.4 Å². The summed E-state index contributed by atoms with van der Waals surface area (Å²) in [6.07, 6.45) is 4.82. The molecule has 7 heteroatoms. The second-order valence-electron chi connectivity index (χ2n) is 9.86. The summed E-state index contributed by atoms with van der Waals surface area (Å²) in [5.41, 5.74) is 3.41. The van der Waals surface area contributed by atoms with Gasteiger partial charge in [-0.1, -0.05) is 43.1 Å². The van der Waals surface area contributed by atoms with Crippen LogP contribution in [0.2, 0.25) is 5.02 Å². The quantitative estimate of drug-likeness (QED) is 0.244. The predicted octanol–water partition coefficient (Wildman–Crippen LogP) is 6.28. The number of rotatable bonds is 13. The number of halogens is 1. The number of methoxy groups -OCH3 is 1. The molecule has 2 unspecified atom stereocenters. The highest BCUT2D eigenvalue weighted by molar-refractivity contribution is 6.30. The maximum Gasteiger partial charge on any atom is 0.305 e. The Morgan fingerprint density at radius 1 is 1.22 bits per heavy atom.